The number of alkyl halides is 2. The number of hydrogen-bond acceptors (Lipinski definition) is 5. The minimum absolute atomic E-state index is 0.115. The highest BCUT2D eigenvalue weighted by molar-refractivity contribution is 5.96. The molecule has 0 atom stereocenters. The van der Waals surface area contributed by atoms with E-state index in [2.05, 4.69) is 65.3 Å². The van der Waals surface area contributed by atoms with E-state index in [0.717, 1.165) is 35.8 Å². The maximum absolute atomic E-state index is 12.9. The fourth-order valence-electron chi connectivity index (χ4n) is 3.61. The lowest BCUT2D eigenvalue weighted by molar-refractivity contribution is 0.151. The van der Waals surface area contributed by atoms with Crippen LogP contribution in [-0.2, 0) is 0 Å². The molecule has 7 heteroatoms. The molecule has 0 fully saturated rings. The third-order valence-corrected chi connectivity index (χ3v) is 5.50. The fourth-order valence-corrected chi connectivity index (χ4v) is 3.61. The predicted octanol–water partition coefficient (Wildman–Crippen LogP) is 7.69. The Labute approximate surface area is 205 Å². The molecule has 1 N–H and O–H groups in total. The third-order valence-electron chi connectivity index (χ3n) is 5.50. The highest BCUT2D eigenvalue weighted by atomic mass is 19.3. The van der Waals surface area contributed by atoms with Crippen LogP contribution in [0.3, 0.4) is 0 Å². The maximum Gasteiger partial charge on any atom is 0.265 e. The molecule has 0 unspecified atom stereocenters. The van der Waals surface area contributed by atoms with Crippen LogP contribution in [0.4, 0.5) is 14.6 Å². The number of nitrogens with one attached hydrogen (secondary N) is 1. The first kappa shape index (κ1) is 26.0. The van der Waals surface area contributed by atoms with Crippen molar-refractivity contribution in [2.24, 2.45) is 0 Å². The van der Waals surface area contributed by atoms with E-state index < -0.39 is 6.43 Å². The second-order valence-corrected chi connectivity index (χ2v) is 8.19. The molecule has 5 nitrogen and oxygen atoms in total. The van der Waals surface area contributed by atoms with Crippen molar-refractivity contribution in [3.05, 3.63) is 77.8 Å². The van der Waals surface area contributed by atoms with Crippen molar-refractivity contribution in [1.82, 2.24) is 15.0 Å². The molecule has 0 aliphatic rings. The van der Waals surface area contributed by atoms with Gasteiger partial charge in [-0.25, -0.2) is 18.7 Å². The molecule has 35 heavy (non-hydrogen) atoms. The van der Waals surface area contributed by atoms with Gasteiger partial charge in [0.05, 0.1) is 12.8 Å². The standard InChI is InChI=1S/C28H32F2N4O/c1-5-7-9-19(3)10-11-20(8-6-2)16-32-28-23-14-22(15-25(35-4)26(23)33-18-34-28)24-13-12-21(17-31-24)27(29)30/h8-15,17-18,27H,5-7,16H2,1-4H3,(H,32,33,34)/b11-10-,19-9+,20-8-. The zero-order valence-electron chi connectivity index (χ0n) is 20.7. The van der Waals surface area contributed by atoms with Crippen LogP contribution < -0.4 is 10.1 Å². The van der Waals surface area contributed by atoms with Crippen molar-refractivity contribution in [3.8, 4) is 17.0 Å². The van der Waals surface area contributed by atoms with Gasteiger partial charge in [0.15, 0.2) is 0 Å². The van der Waals surface area contributed by atoms with Crippen LogP contribution in [0.2, 0.25) is 0 Å². The molecule has 0 aliphatic carbocycles. The Hall–Kier alpha value is -3.61. The highest BCUT2D eigenvalue weighted by Gasteiger charge is 2.14. The molecule has 0 saturated heterocycles. The number of ether oxygens (including phenoxy) is 1. The summed E-state index contributed by atoms with van der Waals surface area (Å²) in [7, 11) is 1.57. The van der Waals surface area contributed by atoms with Gasteiger partial charge in [-0.1, -0.05) is 50.1 Å². The summed E-state index contributed by atoms with van der Waals surface area (Å²) in [6.45, 7) is 6.97. The minimum Gasteiger partial charge on any atom is -0.494 e. The number of hydrogen-bond donors (Lipinski definition) is 1. The highest BCUT2D eigenvalue weighted by Crippen LogP contribution is 2.34. The third kappa shape index (κ3) is 6.94. The second-order valence-electron chi connectivity index (χ2n) is 8.19. The van der Waals surface area contributed by atoms with E-state index in [1.165, 1.54) is 24.2 Å². The smallest absolute Gasteiger partial charge is 0.265 e. The zero-order chi connectivity index (χ0) is 25.2. The minimum atomic E-state index is -2.56. The van der Waals surface area contributed by atoms with Gasteiger partial charge in [0.2, 0.25) is 0 Å². The van der Waals surface area contributed by atoms with Crippen LogP contribution in [0.15, 0.2) is 72.2 Å². The molecular weight excluding hydrogens is 446 g/mol. The van der Waals surface area contributed by atoms with Crippen molar-refractivity contribution >= 4 is 16.7 Å². The van der Waals surface area contributed by atoms with Crippen molar-refractivity contribution in [1.29, 1.82) is 0 Å². The monoisotopic (exact) mass is 478 g/mol. The predicted molar refractivity (Wildman–Crippen MR) is 139 cm³/mol. The molecule has 3 aromatic rings. The lowest BCUT2D eigenvalue weighted by atomic mass is 10.1. The van der Waals surface area contributed by atoms with Gasteiger partial charge in [-0.3, -0.25) is 4.98 Å². The molecule has 2 aromatic heterocycles. The average molecular weight is 479 g/mol. The quantitative estimate of drug-likeness (QED) is 0.286. The van der Waals surface area contributed by atoms with Gasteiger partial charge in [0.1, 0.15) is 23.4 Å². The largest absolute Gasteiger partial charge is 0.494 e. The lowest BCUT2D eigenvalue weighted by Crippen LogP contribution is -2.06. The van der Waals surface area contributed by atoms with E-state index in [1.54, 1.807) is 19.2 Å². The van der Waals surface area contributed by atoms with E-state index in [9.17, 15) is 8.78 Å². The average Bonchev–Trinajstić information content (AvgIpc) is 2.88. The van der Waals surface area contributed by atoms with Crippen molar-refractivity contribution in [2.75, 3.05) is 19.0 Å². The number of halogens is 2. The topological polar surface area (TPSA) is 59.9 Å². The molecule has 2 heterocycles. The first-order chi connectivity index (χ1) is 17.0. The molecule has 0 radical (unpaired) electrons. The second kappa shape index (κ2) is 12.7. The first-order valence-corrected chi connectivity index (χ1v) is 11.8. The summed E-state index contributed by atoms with van der Waals surface area (Å²) in [6, 6.07) is 6.68. The Morgan fingerprint density at radius 2 is 1.91 bits per heavy atom. The number of pyridine rings is 1. The van der Waals surface area contributed by atoms with E-state index in [-0.39, 0.29) is 5.56 Å². The van der Waals surface area contributed by atoms with Crippen molar-refractivity contribution < 1.29 is 13.5 Å². The normalized spacial score (nSPS) is 12.7. The molecular formula is C28H32F2N4O. The molecule has 3 rings (SSSR count). The molecule has 0 amide bonds. The summed E-state index contributed by atoms with van der Waals surface area (Å²) in [4.78, 5) is 13.1. The van der Waals surface area contributed by atoms with Crippen LogP contribution in [0.5, 0.6) is 5.75 Å². The van der Waals surface area contributed by atoms with Crippen LogP contribution in [0, 0.1) is 0 Å². The summed E-state index contributed by atoms with van der Waals surface area (Å²) in [5.41, 5.74) is 4.22. The number of unbranched alkanes of at least 4 members (excludes halogenated alkanes) is 1. The maximum atomic E-state index is 12.9. The summed E-state index contributed by atoms with van der Waals surface area (Å²) in [5, 5.41) is 4.19. The molecule has 0 spiro atoms. The summed E-state index contributed by atoms with van der Waals surface area (Å²) >= 11 is 0. The molecule has 184 valence electrons. The number of aromatic nitrogens is 3. The van der Waals surface area contributed by atoms with Gasteiger partial charge in [0.25, 0.3) is 6.43 Å². The van der Waals surface area contributed by atoms with E-state index in [1.807, 2.05) is 6.07 Å². The number of rotatable bonds is 11. The SMILES string of the molecule is CC/C=C(/C=C\C(C)=C\CCC)CNc1ncnc2c(OC)cc(-c3ccc(C(F)F)cn3)cc12. The summed E-state index contributed by atoms with van der Waals surface area (Å²) < 4.78 is 31.5. The zero-order valence-corrected chi connectivity index (χ0v) is 20.7. The Balaban J connectivity index is 1.92. The van der Waals surface area contributed by atoms with Crippen LogP contribution >= 0.6 is 0 Å². The van der Waals surface area contributed by atoms with Crippen molar-refractivity contribution in [2.45, 2.75) is 46.5 Å². The number of fused-ring (bicyclic) bond motifs is 1. The molecule has 0 aliphatic heterocycles. The van der Waals surface area contributed by atoms with E-state index >= 15 is 0 Å². The van der Waals surface area contributed by atoms with Gasteiger partial charge in [-0.2, -0.15) is 0 Å². The molecule has 0 saturated carbocycles. The number of anilines is 1. The van der Waals surface area contributed by atoms with Crippen LogP contribution in [-0.4, -0.2) is 28.6 Å². The Morgan fingerprint density at radius 3 is 2.57 bits per heavy atom. The number of allylic oxidation sites excluding steroid dienone is 4. The molecule has 1 aromatic carbocycles. The first-order valence-electron chi connectivity index (χ1n) is 11.8. The fraction of sp³-hybridized carbons (Fsp3) is 0.321. The van der Waals surface area contributed by atoms with Gasteiger partial charge < -0.3 is 10.1 Å². The number of nitrogens with zero attached hydrogens (tertiary/aromatic N) is 3. The van der Waals surface area contributed by atoms with Gasteiger partial charge in [-0.15, -0.1) is 0 Å². The number of methoxy groups -OCH3 is 1. The Kier molecular flexibility index (Phi) is 9.47. The summed E-state index contributed by atoms with van der Waals surface area (Å²) in [6.07, 6.45) is 11.9. The Bertz CT molecular complexity index is 1220. The Morgan fingerprint density at radius 1 is 1.09 bits per heavy atom. The van der Waals surface area contributed by atoms with E-state index in [4.69, 9.17) is 4.74 Å². The number of benzene rings is 1. The van der Waals surface area contributed by atoms with Crippen LogP contribution in [0.1, 0.15) is 52.0 Å². The van der Waals surface area contributed by atoms with Gasteiger partial charge in [0, 0.05) is 29.3 Å². The van der Waals surface area contributed by atoms with Crippen LogP contribution in [0.25, 0.3) is 22.2 Å². The lowest BCUT2D eigenvalue weighted by Gasteiger charge is -2.13. The van der Waals surface area contributed by atoms with Gasteiger partial charge >= 0.3 is 0 Å². The van der Waals surface area contributed by atoms with E-state index in [0.29, 0.717) is 29.3 Å². The van der Waals surface area contributed by atoms with Gasteiger partial charge in [-0.05, 0) is 49.6 Å². The molecule has 0 bridgehead atoms. The van der Waals surface area contributed by atoms with Crippen molar-refractivity contribution in [3.63, 3.8) is 0 Å². The summed E-state index contributed by atoms with van der Waals surface area (Å²) in [5.74, 6) is 1.22.